The average Bonchev–Trinajstić information content (AvgIpc) is 3.13. The van der Waals surface area contributed by atoms with Crippen LogP contribution in [0, 0.1) is 5.41 Å². The van der Waals surface area contributed by atoms with E-state index < -0.39 is 5.60 Å². The van der Waals surface area contributed by atoms with E-state index in [0.29, 0.717) is 26.1 Å². The van der Waals surface area contributed by atoms with Gasteiger partial charge in [-0.05, 0) is 52.3 Å². The number of aliphatic hydroxyl groups is 1. The number of rotatable bonds is 5. The Morgan fingerprint density at radius 1 is 1.26 bits per heavy atom. The Balaban J connectivity index is 1.62. The molecule has 0 aromatic carbocycles. The highest BCUT2D eigenvalue weighted by Gasteiger charge is 2.52. The highest BCUT2D eigenvalue weighted by atomic mass is 16.3. The van der Waals surface area contributed by atoms with Crippen LogP contribution in [0.5, 0.6) is 0 Å². The van der Waals surface area contributed by atoms with Crippen molar-refractivity contribution in [1.82, 2.24) is 19.6 Å². The first kappa shape index (κ1) is 16.5. The van der Waals surface area contributed by atoms with Crippen molar-refractivity contribution >= 4 is 5.91 Å². The summed E-state index contributed by atoms with van der Waals surface area (Å²) in [7, 11) is 3.96. The number of hydrogen-bond donors (Lipinski definition) is 1. The second-order valence-corrected chi connectivity index (χ2v) is 7.59. The third kappa shape index (κ3) is 3.75. The van der Waals surface area contributed by atoms with Crippen LogP contribution in [-0.2, 0) is 11.3 Å². The molecule has 0 spiro atoms. The molecule has 3 rings (SSSR count). The van der Waals surface area contributed by atoms with E-state index in [-0.39, 0.29) is 11.3 Å². The van der Waals surface area contributed by atoms with Gasteiger partial charge >= 0.3 is 0 Å². The van der Waals surface area contributed by atoms with E-state index in [2.05, 4.69) is 5.10 Å². The van der Waals surface area contributed by atoms with Crippen molar-refractivity contribution in [3.63, 3.8) is 0 Å². The molecule has 1 saturated heterocycles. The molecule has 2 fully saturated rings. The van der Waals surface area contributed by atoms with Crippen molar-refractivity contribution in [3.8, 4) is 0 Å². The molecule has 0 radical (unpaired) electrons. The summed E-state index contributed by atoms with van der Waals surface area (Å²) in [5.41, 5.74) is -0.923. The van der Waals surface area contributed by atoms with Gasteiger partial charge in [0.1, 0.15) is 0 Å². The number of amides is 1. The van der Waals surface area contributed by atoms with E-state index in [1.165, 1.54) is 0 Å². The maximum Gasteiger partial charge on any atom is 0.230 e. The zero-order valence-electron chi connectivity index (χ0n) is 14.2. The van der Waals surface area contributed by atoms with Gasteiger partial charge in [0.2, 0.25) is 5.91 Å². The third-order valence-corrected chi connectivity index (χ3v) is 5.15. The maximum atomic E-state index is 13.0. The lowest BCUT2D eigenvalue weighted by atomic mass is 9.94. The van der Waals surface area contributed by atoms with Crippen LogP contribution >= 0.6 is 0 Å². The molecule has 1 aliphatic carbocycles. The van der Waals surface area contributed by atoms with Gasteiger partial charge in [-0.2, -0.15) is 5.10 Å². The predicted octanol–water partition coefficient (Wildman–Crippen LogP) is 0.968. The second kappa shape index (κ2) is 6.24. The van der Waals surface area contributed by atoms with Gasteiger partial charge in [-0.1, -0.05) is 0 Å². The lowest BCUT2D eigenvalue weighted by Crippen LogP contribution is -2.43. The zero-order chi connectivity index (χ0) is 16.5. The first-order valence-electron chi connectivity index (χ1n) is 8.57. The fourth-order valence-electron chi connectivity index (χ4n) is 3.76. The number of likely N-dealkylation sites (tertiary alicyclic amines) is 1. The van der Waals surface area contributed by atoms with Crippen LogP contribution in [0.4, 0.5) is 0 Å². The van der Waals surface area contributed by atoms with E-state index in [0.717, 1.165) is 32.2 Å². The molecule has 2 aliphatic rings. The number of nitrogens with zero attached hydrogens (tertiary/aromatic N) is 4. The molecule has 2 heterocycles. The molecule has 1 aromatic rings. The van der Waals surface area contributed by atoms with E-state index >= 15 is 0 Å². The van der Waals surface area contributed by atoms with Crippen molar-refractivity contribution in [2.75, 3.05) is 33.7 Å². The van der Waals surface area contributed by atoms with Crippen LogP contribution in [0.15, 0.2) is 18.5 Å². The quantitative estimate of drug-likeness (QED) is 0.878. The van der Waals surface area contributed by atoms with E-state index in [1.54, 1.807) is 6.20 Å². The van der Waals surface area contributed by atoms with Crippen molar-refractivity contribution in [3.05, 3.63) is 18.5 Å². The van der Waals surface area contributed by atoms with Gasteiger partial charge in [0.05, 0.1) is 17.6 Å². The minimum atomic E-state index is -0.669. The fraction of sp³-hybridized carbons (Fsp3) is 0.765. The molecule has 1 aliphatic heterocycles. The number of aromatic nitrogens is 2. The van der Waals surface area contributed by atoms with Gasteiger partial charge in [-0.15, -0.1) is 0 Å². The number of likely N-dealkylation sites (N-methyl/N-ethyl adjacent to an activating group) is 1. The molecule has 23 heavy (non-hydrogen) atoms. The van der Waals surface area contributed by atoms with E-state index in [4.69, 9.17) is 0 Å². The summed E-state index contributed by atoms with van der Waals surface area (Å²) in [4.78, 5) is 17.0. The van der Waals surface area contributed by atoms with Gasteiger partial charge in [-0.3, -0.25) is 9.48 Å². The van der Waals surface area contributed by atoms with Gasteiger partial charge < -0.3 is 14.9 Å². The summed E-state index contributed by atoms with van der Waals surface area (Å²) in [5.74, 6) is 0.252. The molecule has 6 heteroatoms. The standard InChI is InChI=1S/C17H28N4O2/c1-19(2)14-17(23)5-3-10-20(12-8-17)15(22)16(6-7-16)13-21-11-4-9-18-21/h4,9,11,23H,3,5-8,10,12-14H2,1-2H3. The largest absolute Gasteiger partial charge is 0.388 e. The van der Waals surface area contributed by atoms with E-state index in [9.17, 15) is 9.90 Å². The summed E-state index contributed by atoms with van der Waals surface area (Å²) in [6, 6.07) is 1.90. The Bertz CT molecular complexity index is 539. The Morgan fingerprint density at radius 2 is 2.04 bits per heavy atom. The summed E-state index contributed by atoms with van der Waals surface area (Å²) < 4.78 is 1.87. The van der Waals surface area contributed by atoms with Gasteiger partial charge in [0.15, 0.2) is 0 Å². The van der Waals surface area contributed by atoms with Crippen molar-refractivity contribution in [1.29, 1.82) is 0 Å². The van der Waals surface area contributed by atoms with Crippen molar-refractivity contribution in [2.24, 2.45) is 5.41 Å². The first-order chi connectivity index (χ1) is 10.9. The Hall–Kier alpha value is -1.40. The molecule has 0 bridgehead atoms. The summed E-state index contributed by atoms with van der Waals surface area (Å²) >= 11 is 0. The highest BCUT2D eigenvalue weighted by molar-refractivity contribution is 5.85. The lowest BCUT2D eigenvalue weighted by molar-refractivity contribution is -0.137. The highest BCUT2D eigenvalue weighted by Crippen LogP contribution is 2.49. The molecule has 1 saturated carbocycles. The van der Waals surface area contributed by atoms with Crippen LogP contribution in [0.1, 0.15) is 32.1 Å². The molecule has 1 atom stereocenters. The average molecular weight is 320 g/mol. The predicted molar refractivity (Wildman–Crippen MR) is 87.8 cm³/mol. The van der Waals surface area contributed by atoms with Gasteiger partial charge in [0, 0.05) is 32.0 Å². The zero-order valence-corrected chi connectivity index (χ0v) is 14.2. The third-order valence-electron chi connectivity index (χ3n) is 5.15. The minimum absolute atomic E-state index is 0.252. The Kier molecular flexibility index (Phi) is 4.47. The van der Waals surface area contributed by atoms with Gasteiger partial charge in [-0.25, -0.2) is 0 Å². The van der Waals surface area contributed by atoms with Crippen LogP contribution in [-0.4, -0.2) is 69.9 Å². The van der Waals surface area contributed by atoms with Crippen molar-refractivity contribution in [2.45, 2.75) is 44.2 Å². The second-order valence-electron chi connectivity index (χ2n) is 7.59. The Labute approximate surface area is 138 Å². The number of hydrogen-bond acceptors (Lipinski definition) is 4. The van der Waals surface area contributed by atoms with Crippen LogP contribution in [0.25, 0.3) is 0 Å². The molecular weight excluding hydrogens is 292 g/mol. The van der Waals surface area contributed by atoms with Gasteiger partial charge in [0.25, 0.3) is 0 Å². The topological polar surface area (TPSA) is 61.6 Å². The molecule has 1 unspecified atom stereocenters. The van der Waals surface area contributed by atoms with Crippen LogP contribution < -0.4 is 0 Å². The minimum Gasteiger partial charge on any atom is -0.388 e. The number of carbonyl (C=O) groups is 1. The lowest BCUT2D eigenvalue weighted by Gasteiger charge is -2.30. The first-order valence-corrected chi connectivity index (χ1v) is 8.57. The molecular formula is C17H28N4O2. The van der Waals surface area contributed by atoms with E-state index in [1.807, 2.05) is 40.8 Å². The molecule has 1 amide bonds. The van der Waals surface area contributed by atoms with Crippen LogP contribution in [0.2, 0.25) is 0 Å². The van der Waals surface area contributed by atoms with Crippen molar-refractivity contribution < 1.29 is 9.90 Å². The smallest absolute Gasteiger partial charge is 0.230 e. The Morgan fingerprint density at radius 3 is 2.65 bits per heavy atom. The fourth-order valence-corrected chi connectivity index (χ4v) is 3.76. The molecule has 6 nitrogen and oxygen atoms in total. The van der Waals surface area contributed by atoms with Crippen LogP contribution in [0.3, 0.4) is 0 Å². The number of carbonyl (C=O) groups excluding carboxylic acids is 1. The molecule has 1 N–H and O–H groups in total. The maximum absolute atomic E-state index is 13.0. The summed E-state index contributed by atoms with van der Waals surface area (Å²) in [5, 5.41) is 15.0. The summed E-state index contributed by atoms with van der Waals surface area (Å²) in [6.45, 7) is 2.75. The SMILES string of the molecule is CN(C)CC1(O)CCCN(C(=O)C2(Cn3cccn3)CC2)CC1. The monoisotopic (exact) mass is 320 g/mol. The summed E-state index contributed by atoms with van der Waals surface area (Å²) in [6.07, 6.45) is 7.87. The molecule has 128 valence electrons. The normalized spacial score (nSPS) is 27.0. The molecule has 1 aromatic heterocycles.